The van der Waals surface area contributed by atoms with E-state index in [1.807, 2.05) is 10.6 Å². The monoisotopic (exact) mass is 346 g/mol. The number of imidazole rings is 1. The van der Waals surface area contributed by atoms with Gasteiger partial charge in [-0.25, -0.2) is 9.37 Å². The molecule has 0 unspecified atom stereocenters. The summed E-state index contributed by atoms with van der Waals surface area (Å²) in [5.74, 6) is 0.518. The van der Waals surface area contributed by atoms with Crippen molar-refractivity contribution in [2.45, 2.75) is 33.2 Å². The quantitative estimate of drug-likeness (QED) is 0.742. The van der Waals surface area contributed by atoms with Gasteiger partial charge in [-0.15, -0.1) is 0 Å². The number of aryl methyl sites for hydroxylation is 3. The predicted molar refractivity (Wildman–Crippen MR) is 95.1 cm³/mol. The maximum absolute atomic E-state index is 14.2. The fourth-order valence-corrected chi connectivity index (χ4v) is 3.10. The molecule has 3 nitrogen and oxygen atoms in total. The molecule has 126 valence electrons. The molecule has 0 amide bonds. The van der Waals surface area contributed by atoms with E-state index in [1.165, 1.54) is 11.6 Å². The van der Waals surface area contributed by atoms with Crippen molar-refractivity contribution >= 4 is 22.6 Å². The van der Waals surface area contributed by atoms with Gasteiger partial charge in [0.15, 0.2) is 0 Å². The van der Waals surface area contributed by atoms with E-state index in [0.717, 1.165) is 22.4 Å². The molecule has 0 saturated carbocycles. The normalized spacial score (nSPS) is 11.4. The van der Waals surface area contributed by atoms with E-state index in [0.29, 0.717) is 30.0 Å². The lowest BCUT2D eigenvalue weighted by molar-refractivity contribution is 0.287. The van der Waals surface area contributed by atoms with Crippen molar-refractivity contribution in [2.75, 3.05) is 6.61 Å². The van der Waals surface area contributed by atoms with Gasteiger partial charge in [-0.3, -0.25) is 0 Å². The SMILES string of the molecule is Cc1cc2nc(CCCO)n(Cc3c(F)cccc3Cl)c2cc1C. The van der Waals surface area contributed by atoms with Crippen LogP contribution in [0, 0.1) is 19.7 Å². The van der Waals surface area contributed by atoms with Gasteiger partial charge in [-0.05, 0) is 55.7 Å². The highest BCUT2D eigenvalue weighted by atomic mass is 35.5. The van der Waals surface area contributed by atoms with Crippen molar-refractivity contribution in [1.82, 2.24) is 9.55 Å². The van der Waals surface area contributed by atoms with Gasteiger partial charge < -0.3 is 9.67 Å². The van der Waals surface area contributed by atoms with Crippen LogP contribution < -0.4 is 0 Å². The van der Waals surface area contributed by atoms with Crippen LogP contribution in [0.2, 0.25) is 5.02 Å². The average Bonchev–Trinajstić information content (AvgIpc) is 2.86. The van der Waals surface area contributed by atoms with Crippen LogP contribution in [0.4, 0.5) is 4.39 Å². The van der Waals surface area contributed by atoms with Gasteiger partial charge in [0, 0.05) is 23.6 Å². The summed E-state index contributed by atoms with van der Waals surface area (Å²) in [6, 6.07) is 8.85. The number of hydrogen-bond donors (Lipinski definition) is 1. The molecule has 3 aromatic rings. The molecular formula is C19H20ClFN2O. The molecule has 0 aliphatic carbocycles. The minimum atomic E-state index is -0.318. The molecule has 1 aromatic heterocycles. The van der Waals surface area contributed by atoms with Gasteiger partial charge in [-0.1, -0.05) is 17.7 Å². The van der Waals surface area contributed by atoms with Crippen molar-refractivity contribution in [3.05, 3.63) is 63.7 Å². The Hall–Kier alpha value is -1.91. The topological polar surface area (TPSA) is 38.1 Å². The second-order valence-electron chi connectivity index (χ2n) is 6.07. The third-order valence-corrected chi connectivity index (χ3v) is 4.73. The lowest BCUT2D eigenvalue weighted by atomic mass is 10.1. The summed E-state index contributed by atoms with van der Waals surface area (Å²) < 4.78 is 16.2. The van der Waals surface area contributed by atoms with Crippen LogP contribution in [-0.4, -0.2) is 21.3 Å². The number of fused-ring (bicyclic) bond motifs is 1. The molecule has 5 heteroatoms. The van der Waals surface area contributed by atoms with Crippen LogP contribution in [-0.2, 0) is 13.0 Å². The van der Waals surface area contributed by atoms with Crippen LogP contribution >= 0.6 is 11.6 Å². The Balaban J connectivity index is 2.14. The molecule has 0 bridgehead atoms. The Labute approximate surface area is 145 Å². The molecule has 0 atom stereocenters. The lowest BCUT2D eigenvalue weighted by Crippen LogP contribution is -2.08. The minimum Gasteiger partial charge on any atom is -0.396 e. The fraction of sp³-hybridized carbons (Fsp3) is 0.316. The van der Waals surface area contributed by atoms with E-state index in [4.69, 9.17) is 21.7 Å². The summed E-state index contributed by atoms with van der Waals surface area (Å²) >= 11 is 6.20. The van der Waals surface area contributed by atoms with E-state index in [9.17, 15) is 4.39 Å². The van der Waals surface area contributed by atoms with Gasteiger partial charge in [0.2, 0.25) is 0 Å². The second kappa shape index (κ2) is 6.91. The number of halogens is 2. The Morgan fingerprint density at radius 2 is 1.96 bits per heavy atom. The van der Waals surface area contributed by atoms with Gasteiger partial charge in [0.05, 0.1) is 17.6 Å². The molecule has 0 fully saturated rings. The molecule has 0 spiro atoms. The Morgan fingerprint density at radius 1 is 1.21 bits per heavy atom. The van der Waals surface area contributed by atoms with Crippen LogP contribution in [0.3, 0.4) is 0 Å². The third kappa shape index (κ3) is 3.17. The van der Waals surface area contributed by atoms with Crippen LogP contribution in [0.25, 0.3) is 11.0 Å². The van der Waals surface area contributed by atoms with E-state index in [1.54, 1.807) is 12.1 Å². The van der Waals surface area contributed by atoms with Crippen molar-refractivity contribution < 1.29 is 9.50 Å². The molecule has 1 N–H and O–H groups in total. The van der Waals surface area contributed by atoms with Crippen molar-refractivity contribution in [1.29, 1.82) is 0 Å². The molecule has 0 aliphatic rings. The molecule has 0 saturated heterocycles. The maximum Gasteiger partial charge on any atom is 0.129 e. The summed E-state index contributed by atoms with van der Waals surface area (Å²) in [6.45, 7) is 4.53. The van der Waals surface area contributed by atoms with Gasteiger partial charge in [-0.2, -0.15) is 0 Å². The molecule has 0 radical (unpaired) electrons. The lowest BCUT2D eigenvalue weighted by Gasteiger charge is -2.12. The summed E-state index contributed by atoms with van der Waals surface area (Å²) in [7, 11) is 0. The second-order valence-corrected chi connectivity index (χ2v) is 6.47. The Morgan fingerprint density at radius 3 is 2.67 bits per heavy atom. The predicted octanol–water partition coefficient (Wildman–Crippen LogP) is 4.42. The van der Waals surface area contributed by atoms with Crippen LogP contribution in [0.5, 0.6) is 0 Å². The minimum absolute atomic E-state index is 0.0989. The first-order valence-corrected chi connectivity index (χ1v) is 8.39. The summed E-state index contributed by atoms with van der Waals surface area (Å²) in [5.41, 5.74) is 4.65. The number of benzene rings is 2. The fourth-order valence-electron chi connectivity index (χ4n) is 2.88. The number of nitrogens with zero attached hydrogens (tertiary/aromatic N) is 2. The van der Waals surface area contributed by atoms with Crippen LogP contribution in [0.15, 0.2) is 30.3 Å². The van der Waals surface area contributed by atoms with E-state index >= 15 is 0 Å². The van der Waals surface area contributed by atoms with Gasteiger partial charge in [0.25, 0.3) is 0 Å². The number of aromatic nitrogens is 2. The number of aliphatic hydroxyl groups excluding tert-OH is 1. The van der Waals surface area contributed by atoms with Gasteiger partial charge >= 0.3 is 0 Å². The van der Waals surface area contributed by atoms with Crippen molar-refractivity contribution in [3.8, 4) is 0 Å². The molecule has 0 aliphatic heterocycles. The standard InChI is InChI=1S/C19H20ClFN2O/c1-12-9-17-18(10-13(12)2)23(19(22-17)7-4-8-24)11-14-15(20)5-3-6-16(14)21/h3,5-6,9-10,24H,4,7-8,11H2,1-2H3. The number of hydrogen-bond acceptors (Lipinski definition) is 2. The van der Waals surface area contributed by atoms with E-state index < -0.39 is 0 Å². The zero-order chi connectivity index (χ0) is 17.3. The Kier molecular flexibility index (Phi) is 4.88. The highest BCUT2D eigenvalue weighted by molar-refractivity contribution is 6.31. The Bertz CT molecular complexity index is 868. The molecule has 1 heterocycles. The highest BCUT2D eigenvalue weighted by Gasteiger charge is 2.15. The maximum atomic E-state index is 14.2. The first-order chi connectivity index (χ1) is 11.5. The van der Waals surface area contributed by atoms with Crippen molar-refractivity contribution in [2.24, 2.45) is 0 Å². The number of rotatable bonds is 5. The first kappa shape index (κ1) is 16.9. The number of aliphatic hydroxyl groups is 1. The molecule has 3 rings (SSSR count). The van der Waals surface area contributed by atoms with Crippen molar-refractivity contribution in [3.63, 3.8) is 0 Å². The smallest absolute Gasteiger partial charge is 0.129 e. The summed E-state index contributed by atoms with van der Waals surface area (Å²) in [6.07, 6.45) is 1.25. The molecule has 24 heavy (non-hydrogen) atoms. The van der Waals surface area contributed by atoms with E-state index in [2.05, 4.69) is 19.9 Å². The largest absolute Gasteiger partial charge is 0.396 e. The summed E-state index contributed by atoms with van der Waals surface area (Å²) in [5, 5.41) is 9.55. The first-order valence-electron chi connectivity index (χ1n) is 8.01. The van der Waals surface area contributed by atoms with E-state index in [-0.39, 0.29) is 12.4 Å². The zero-order valence-corrected chi connectivity index (χ0v) is 14.6. The molecular weight excluding hydrogens is 327 g/mol. The summed E-state index contributed by atoms with van der Waals surface area (Å²) in [4.78, 5) is 4.69. The van der Waals surface area contributed by atoms with Gasteiger partial charge in [0.1, 0.15) is 11.6 Å². The molecule has 2 aromatic carbocycles. The average molecular weight is 347 g/mol. The zero-order valence-electron chi connectivity index (χ0n) is 13.8. The third-order valence-electron chi connectivity index (χ3n) is 4.38. The van der Waals surface area contributed by atoms with Crippen LogP contribution in [0.1, 0.15) is 28.9 Å². The highest BCUT2D eigenvalue weighted by Crippen LogP contribution is 2.26.